The fraction of sp³-hybridized carbons (Fsp3) is 0.889. The van der Waals surface area contributed by atoms with Gasteiger partial charge in [0.25, 0.3) is 0 Å². The van der Waals surface area contributed by atoms with Gasteiger partial charge in [-0.3, -0.25) is 15.0 Å². The molecule has 3 amide bonds. The van der Waals surface area contributed by atoms with Gasteiger partial charge in [-0.05, 0) is 32.2 Å². The molecule has 0 bridgehead atoms. The number of nitrogens with zero attached hydrogens (tertiary/aromatic N) is 2. The number of hydrogen-bond donors (Lipinski definition) is 2. The first-order valence-electron chi connectivity index (χ1n) is 9.67. The Hall–Kier alpha value is -1.18. The average Bonchev–Trinajstić information content (AvgIpc) is 2.57. The van der Waals surface area contributed by atoms with Gasteiger partial charge in [0.05, 0.1) is 19.3 Å². The number of urea groups is 1. The van der Waals surface area contributed by atoms with E-state index in [0.717, 1.165) is 45.3 Å². The summed E-state index contributed by atoms with van der Waals surface area (Å²) in [5.41, 5.74) is 0. The molecular weight excluding hydrogens is 320 g/mol. The molecule has 0 aromatic rings. The van der Waals surface area contributed by atoms with Crippen LogP contribution in [0.1, 0.15) is 39.0 Å². The summed E-state index contributed by atoms with van der Waals surface area (Å²) in [5.74, 6) is 0.252. The third-order valence-corrected chi connectivity index (χ3v) is 5.93. The van der Waals surface area contributed by atoms with E-state index in [2.05, 4.69) is 34.4 Å². The van der Waals surface area contributed by atoms with Crippen LogP contribution in [0.2, 0.25) is 0 Å². The maximum Gasteiger partial charge on any atom is 0.321 e. The van der Waals surface area contributed by atoms with Gasteiger partial charge in [-0.1, -0.05) is 19.8 Å². The molecule has 3 aliphatic rings. The molecule has 2 aliphatic heterocycles. The summed E-state index contributed by atoms with van der Waals surface area (Å²) in [6.45, 7) is 5.76. The van der Waals surface area contributed by atoms with E-state index < -0.39 is 0 Å². The number of carbonyl (C=O) groups excluding carboxylic acids is 2. The Balaban J connectivity index is 1.47. The van der Waals surface area contributed by atoms with Crippen LogP contribution in [0.4, 0.5) is 4.79 Å². The molecular formula is C18H32N4O3. The highest BCUT2D eigenvalue weighted by atomic mass is 16.5. The lowest BCUT2D eigenvalue weighted by Crippen LogP contribution is -2.61. The minimum Gasteiger partial charge on any atom is -0.375 e. The van der Waals surface area contributed by atoms with Crippen molar-refractivity contribution in [3.8, 4) is 0 Å². The maximum atomic E-state index is 12.3. The Morgan fingerprint density at radius 3 is 2.76 bits per heavy atom. The Morgan fingerprint density at radius 2 is 1.96 bits per heavy atom. The van der Waals surface area contributed by atoms with Gasteiger partial charge < -0.3 is 15.0 Å². The van der Waals surface area contributed by atoms with Crippen LogP contribution in [0.25, 0.3) is 0 Å². The first-order valence-corrected chi connectivity index (χ1v) is 9.67. The Kier molecular flexibility index (Phi) is 6.30. The van der Waals surface area contributed by atoms with Gasteiger partial charge in [0.2, 0.25) is 5.91 Å². The molecule has 0 unspecified atom stereocenters. The molecule has 7 nitrogen and oxygen atoms in total. The van der Waals surface area contributed by atoms with Crippen LogP contribution in [-0.4, -0.2) is 79.8 Å². The average molecular weight is 352 g/mol. The number of rotatable bonds is 3. The molecule has 0 aromatic heterocycles. The van der Waals surface area contributed by atoms with E-state index in [9.17, 15) is 9.59 Å². The predicted octanol–water partition coefficient (Wildman–Crippen LogP) is 0.796. The number of morpholine rings is 1. The second kappa shape index (κ2) is 8.47. The van der Waals surface area contributed by atoms with Crippen LogP contribution in [0.5, 0.6) is 0 Å². The van der Waals surface area contributed by atoms with Gasteiger partial charge >= 0.3 is 6.03 Å². The van der Waals surface area contributed by atoms with Crippen LogP contribution >= 0.6 is 0 Å². The van der Waals surface area contributed by atoms with Gasteiger partial charge in [-0.25, -0.2) is 4.79 Å². The normalized spacial score (nSPS) is 34.2. The van der Waals surface area contributed by atoms with Crippen molar-refractivity contribution in [3.05, 3.63) is 0 Å². The smallest absolute Gasteiger partial charge is 0.321 e. The van der Waals surface area contributed by atoms with E-state index in [1.165, 1.54) is 6.42 Å². The number of carbonyl (C=O) groups is 2. The molecule has 3 fully saturated rings. The quantitative estimate of drug-likeness (QED) is 0.786. The van der Waals surface area contributed by atoms with Gasteiger partial charge in [0.1, 0.15) is 0 Å². The number of hydrogen-bond acceptors (Lipinski definition) is 5. The van der Waals surface area contributed by atoms with Crippen LogP contribution in [0, 0.1) is 5.92 Å². The Labute approximate surface area is 150 Å². The highest BCUT2D eigenvalue weighted by Crippen LogP contribution is 2.24. The first-order chi connectivity index (χ1) is 12.0. The molecule has 4 atom stereocenters. The molecule has 2 heterocycles. The fourth-order valence-electron chi connectivity index (χ4n) is 4.38. The lowest BCUT2D eigenvalue weighted by molar-refractivity contribution is -0.130. The van der Waals surface area contributed by atoms with E-state index in [4.69, 9.17) is 4.74 Å². The summed E-state index contributed by atoms with van der Waals surface area (Å²) < 4.78 is 5.86. The second-order valence-electron chi connectivity index (χ2n) is 7.89. The number of imide groups is 1. The number of likely N-dealkylation sites (tertiary alicyclic amines) is 1. The van der Waals surface area contributed by atoms with E-state index in [1.54, 1.807) is 0 Å². The van der Waals surface area contributed by atoms with Crippen LogP contribution in [0.3, 0.4) is 0 Å². The van der Waals surface area contributed by atoms with Gasteiger partial charge in [0, 0.05) is 31.7 Å². The monoisotopic (exact) mass is 352 g/mol. The summed E-state index contributed by atoms with van der Waals surface area (Å²) in [5, 5.41) is 5.49. The van der Waals surface area contributed by atoms with Crippen molar-refractivity contribution in [1.29, 1.82) is 0 Å². The first kappa shape index (κ1) is 18.6. The van der Waals surface area contributed by atoms with Gasteiger partial charge in [-0.15, -0.1) is 0 Å². The van der Waals surface area contributed by atoms with E-state index in [0.29, 0.717) is 12.5 Å². The number of piperidine rings is 1. The van der Waals surface area contributed by atoms with Crippen LogP contribution < -0.4 is 10.6 Å². The standard InChI is InChI=1S/C18H32N4O3/c1-13-5-3-4-6-14(13)19-18(24)20-17(23)12-22-9-10-25-16-7-8-21(2)11-15(16)22/h13-16H,3-12H2,1-2H3,(H2,19,20,23,24)/t13-,14+,15+,16-/m1/s1. The Bertz CT molecular complexity index is 487. The number of fused-ring (bicyclic) bond motifs is 1. The number of nitrogens with one attached hydrogen (secondary N) is 2. The Morgan fingerprint density at radius 1 is 1.16 bits per heavy atom. The molecule has 2 saturated heterocycles. The van der Waals surface area contributed by atoms with Crippen LogP contribution in [-0.2, 0) is 9.53 Å². The summed E-state index contributed by atoms with van der Waals surface area (Å²) in [4.78, 5) is 28.9. The minimum atomic E-state index is -0.352. The lowest BCUT2D eigenvalue weighted by Gasteiger charge is -2.46. The molecule has 142 valence electrons. The third kappa shape index (κ3) is 4.92. The largest absolute Gasteiger partial charge is 0.375 e. The third-order valence-electron chi connectivity index (χ3n) is 5.93. The van der Waals surface area contributed by atoms with Crippen LogP contribution in [0.15, 0.2) is 0 Å². The lowest BCUT2D eigenvalue weighted by atomic mass is 9.86. The molecule has 2 N–H and O–H groups in total. The highest BCUT2D eigenvalue weighted by Gasteiger charge is 2.36. The van der Waals surface area contributed by atoms with Crippen molar-refractivity contribution in [1.82, 2.24) is 20.4 Å². The molecule has 1 saturated carbocycles. The zero-order chi connectivity index (χ0) is 17.8. The molecule has 1 aliphatic carbocycles. The topological polar surface area (TPSA) is 73.9 Å². The van der Waals surface area contributed by atoms with Gasteiger partial charge in [-0.2, -0.15) is 0 Å². The number of amides is 3. The summed E-state index contributed by atoms with van der Waals surface area (Å²) in [6, 6.07) is 0.0651. The van der Waals surface area contributed by atoms with Crippen molar-refractivity contribution in [3.63, 3.8) is 0 Å². The van der Waals surface area contributed by atoms with Crippen molar-refractivity contribution >= 4 is 11.9 Å². The van der Waals surface area contributed by atoms with Crippen molar-refractivity contribution < 1.29 is 14.3 Å². The fourth-order valence-corrected chi connectivity index (χ4v) is 4.38. The summed E-state index contributed by atoms with van der Waals surface area (Å²) >= 11 is 0. The second-order valence-corrected chi connectivity index (χ2v) is 7.89. The molecule has 0 aromatic carbocycles. The molecule has 0 spiro atoms. The van der Waals surface area contributed by atoms with E-state index in [-0.39, 0.29) is 36.7 Å². The minimum absolute atomic E-state index is 0.182. The zero-order valence-corrected chi connectivity index (χ0v) is 15.5. The highest BCUT2D eigenvalue weighted by molar-refractivity contribution is 5.95. The predicted molar refractivity (Wildman–Crippen MR) is 95.3 cm³/mol. The maximum absolute atomic E-state index is 12.3. The summed E-state index contributed by atoms with van der Waals surface area (Å²) in [7, 11) is 2.10. The molecule has 7 heteroatoms. The SMILES string of the molecule is C[C@@H]1CCCC[C@@H]1NC(=O)NC(=O)CN1CCO[C@@H]2CCN(C)C[C@@H]21. The van der Waals surface area contributed by atoms with Crippen molar-refractivity contribution in [2.75, 3.05) is 39.8 Å². The summed E-state index contributed by atoms with van der Waals surface area (Å²) in [6.07, 6.45) is 5.72. The van der Waals surface area contributed by atoms with Crippen molar-refractivity contribution in [2.24, 2.45) is 5.92 Å². The van der Waals surface area contributed by atoms with Crippen molar-refractivity contribution in [2.45, 2.75) is 57.2 Å². The number of ether oxygens (including phenoxy) is 1. The zero-order valence-electron chi connectivity index (χ0n) is 15.5. The van der Waals surface area contributed by atoms with Gasteiger partial charge in [0.15, 0.2) is 0 Å². The molecule has 25 heavy (non-hydrogen) atoms. The van der Waals surface area contributed by atoms with E-state index in [1.807, 2.05) is 0 Å². The molecule has 0 radical (unpaired) electrons. The number of likely N-dealkylation sites (N-methyl/N-ethyl adjacent to an activating group) is 1. The molecule has 3 rings (SSSR count). The van der Waals surface area contributed by atoms with E-state index >= 15 is 0 Å².